The van der Waals surface area contributed by atoms with E-state index in [1.54, 1.807) is 18.3 Å². The summed E-state index contributed by atoms with van der Waals surface area (Å²) >= 11 is 12.2. The molecule has 108 valence electrons. The Bertz CT molecular complexity index is 618. The summed E-state index contributed by atoms with van der Waals surface area (Å²) in [4.78, 5) is 15.8. The van der Waals surface area contributed by atoms with E-state index >= 15 is 0 Å². The first kappa shape index (κ1) is 15.4. The van der Waals surface area contributed by atoms with Crippen molar-refractivity contribution in [3.8, 4) is 0 Å². The molecule has 0 spiro atoms. The standard InChI is InChI=1S/C16H19Cl2NO/c1-3-5-6-10(4-2)16(20)12-9-19-14-8-11(17)7-13(18)15(12)14/h7-10,19H,3-6H2,1-2H3. The van der Waals surface area contributed by atoms with Crippen molar-refractivity contribution in [3.05, 3.63) is 33.9 Å². The summed E-state index contributed by atoms with van der Waals surface area (Å²) in [6, 6.07) is 3.48. The van der Waals surface area contributed by atoms with Crippen LogP contribution < -0.4 is 0 Å². The van der Waals surface area contributed by atoms with E-state index in [4.69, 9.17) is 23.2 Å². The molecule has 1 aromatic heterocycles. The van der Waals surface area contributed by atoms with Crippen molar-refractivity contribution < 1.29 is 4.79 Å². The number of ketones is 1. The molecule has 0 bridgehead atoms. The molecule has 0 radical (unpaired) electrons. The molecule has 0 saturated heterocycles. The summed E-state index contributed by atoms with van der Waals surface area (Å²) < 4.78 is 0. The van der Waals surface area contributed by atoms with Crippen molar-refractivity contribution in [3.63, 3.8) is 0 Å². The van der Waals surface area contributed by atoms with E-state index in [-0.39, 0.29) is 11.7 Å². The van der Waals surface area contributed by atoms with Crippen LogP contribution in [-0.4, -0.2) is 10.8 Å². The molecule has 0 aliphatic carbocycles. The van der Waals surface area contributed by atoms with Crippen molar-refractivity contribution in [1.29, 1.82) is 0 Å². The van der Waals surface area contributed by atoms with Crippen LogP contribution in [0.2, 0.25) is 10.0 Å². The summed E-state index contributed by atoms with van der Waals surface area (Å²) in [5.74, 6) is 0.247. The van der Waals surface area contributed by atoms with Gasteiger partial charge in [0.2, 0.25) is 0 Å². The van der Waals surface area contributed by atoms with Gasteiger partial charge in [-0.1, -0.05) is 49.9 Å². The van der Waals surface area contributed by atoms with Crippen LogP contribution in [0.4, 0.5) is 0 Å². The van der Waals surface area contributed by atoms with Gasteiger partial charge in [-0.2, -0.15) is 0 Å². The maximum Gasteiger partial charge on any atom is 0.168 e. The lowest BCUT2D eigenvalue weighted by Crippen LogP contribution is -2.13. The molecule has 4 heteroatoms. The highest BCUT2D eigenvalue weighted by atomic mass is 35.5. The van der Waals surface area contributed by atoms with Gasteiger partial charge in [0.05, 0.1) is 5.02 Å². The number of aromatic amines is 1. The number of halogens is 2. The number of H-pyrrole nitrogens is 1. The Morgan fingerprint density at radius 3 is 2.70 bits per heavy atom. The zero-order valence-corrected chi connectivity index (χ0v) is 13.3. The maximum absolute atomic E-state index is 12.7. The van der Waals surface area contributed by atoms with Gasteiger partial charge < -0.3 is 4.98 Å². The monoisotopic (exact) mass is 311 g/mol. The van der Waals surface area contributed by atoms with Gasteiger partial charge in [0.25, 0.3) is 0 Å². The molecule has 1 unspecified atom stereocenters. The minimum atomic E-state index is 0.0701. The fourth-order valence-corrected chi connectivity index (χ4v) is 3.16. The minimum Gasteiger partial charge on any atom is -0.360 e. The molecule has 2 rings (SSSR count). The molecule has 0 fully saturated rings. The SMILES string of the molecule is CCCCC(CC)C(=O)c1c[nH]c2cc(Cl)cc(Cl)c12. The molecule has 0 aliphatic heterocycles. The van der Waals surface area contributed by atoms with E-state index in [0.29, 0.717) is 15.6 Å². The van der Waals surface area contributed by atoms with Crippen LogP contribution in [0.15, 0.2) is 18.3 Å². The highest BCUT2D eigenvalue weighted by molar-refractivity contribution is 6.39. The van der Waals surface area contributed by atoms with E-state index in [9.17, 15) is 4.79 Å². The summed E-state index contributed by atoms with van der Waals surface area (Å²) in [6.07, 6.45) is 5.73. The highest BCUT2D eigenvalue weighted by Crippen LogP contribution is 2.32. The molecule has 20 heavy (non-hydrogen) atoms. The number of hydrogen-bond donors (Lipinski definition) is 1. The van der Waals surface area contributed by atoms with E-state index in [0.717, 1.165) is 36.6 Å². The van der Waals surface area contributed by atoms with Crippen molar-refractivity contribution in [2.24, 2.45) is 5.92 Å². The van der Waals surface area contributed by atoms with Gasteiger partial charge in [-0.25, -0.2) is 0 Å². The second-order valence-corrected chi connectivity index (χ2v) is 5.97. The summed E-state index contributed by atoms with van der Waals surface area (Å²) in [7, 11) is 0. The van der Waals surface area contributed by atoms with Gasteiger partial charge >= 0.3 is 0 Å². The number of nitrogens with one attached hydrogen (secondary N) is 1. The third-order valence-electron chi connectivity index (χ3n) is 3.73. The molecule has 2 aromatic rings. The summed E-state index contributed by atoms with van der Waals surface area (Å²) in [5.41, 5.74) is 1.50. The number of unbranched alkanes of at least 4 members (excludes halogenated alkanes) is 1. The Morgan fingerprint density at radius 2 is 2.05 bits per heavy atom. The zero-order valence-electron chi connectivity index (χ0n) is 11.8. The van der Waals surface area contributed by atoms with Crippen LogP contribution in [0.5, 0.6) is 0 Å². The Morgan fingerprint density at radius 1 is 1.30 bits per heavy atom. The molecule has 2 nitrogen and oxygen atoms in total. The molecule has 1 N–H and O–H groups in total. The van der Waals surface area contributed by atoms with E-state index < -0.39 is 0 Å². The average molecular weight is 312 g/mol. The normalized spacial score (nSPS) is 12.8. The number of fused-ring (bicyclic) bond motifs is 1. The first-order valence-corrected chi connectivity index (χ1v) is 7.84. The largest absolute Gasteiger partial charge is 0.360 e. The van der Waals surface area contributed by atoms with Gasteiger partial charge in [0.15, 0.2) is 5.78 Å². The van der Waals surface area contributed by atoms with Crippen molar-refractivity contribution in [2.75, 3.05) is 0 Å². The quantitative estimate of drug-likeness (QED) is 0.664. The fourth-order valence-electron chi connectivity index (χ4n) is 2.57. The summed E-state index contributed by atoms with van der Waals surface area (Å²) in [5, 5.41) is 1.89. The second kappa shape index (κ2) is 6.64. The predicted molar refractivity (Wildman–Crippen MR) is 86.0 cm³/mol. The van der Waals surface area contributed by atoms with Crippen molar-refractivity contribution >= 4 is 39.9 Å². The van der Waals surface area contributed by atoms with Gasteiger partial charge in [0, 0.05) is 33.6 Å². The molecule has 1 atom stereocenters. The number of Topliss-reactive ketones (excluding diaryl/α,β-unsaturated/α-hetero) is 1. The molecule has 0 aliphatic rings. The maximum atomic E-state index is 12.7. The molecular weight excluding hydrogens is 293 g/mol. The van der Waals surface area contributed by atoms with E-state index in [2.05, 4.69) is 18.8 Å². The first-order chi connectivity index (χ1) is 9.58. The van der Waals surface area contributed by atoms with E-state index in [1.165, 1.54) is 0 Å². The Labute approximate surface area is 129 Å². The number of carbonyl (C=O) groups excluding carboxylic acids is 1. The number of rotatable bonds is 6. The van der Waals surface area contributed by atoms with Crippen LogP contribution in [0, 0.1) is 5.92 Å². The predicted octanol–water partition coefficient (Wildman–Crippen LogP) is 5.87. The smallest absolute Gasteiger partial charge is 0.168 e. The Kier molecular flexibility index (Phi) is 5.11. The lowest BCUT2D eigenvalue weighted by molar-refractivity contribution is 0.0910. The van der Waals surface area contributed by atoms with Crippen molar-refractivity contribution in [2.45, 2.75) is 39.5 Å². The van der Waals surface area contributed by atoms with Crippen LogP contribution in [0.1, 0.15) is 49.9 Å². The van der Waals surface area contributed by atoms with Gasteiger partial charge in [-0.3, -0.25) is 4.79 Å². The number of benzene rings is 1. The molecule has 1 heterocycles. The van der Waals surface area contributed by atoms with Crippen LogP contribution in [0.25, 0.3) is 10.9 Å². The molecule has 0 saturated carbocycles. The van der Waals surface area contributed by atoms with Crippen LogP contribution in [-0.2, 0) is 0 Å². The minimum absolute atomic E-state index is 0.0701. The Hall–Kier alpha value is -0.990. The lowest BCUT2D eigenvalue weighted by atomic mass is 9.90. The van der Waals surface area contributed by atoms with Gasteiger partial charge in [-0.05, 0) is 25.0 Å². The third kappa shape index (κ3) is 3.02. The molecular formula is C16H19Cl2NO. The lowest BCUT2D eigenvalue weighted by Gasteiger charge is -2.12. The topological polar surface area (TPSA) is 32.9 Å². The van der Waals surface area contributed by atoms with Crippen molar-refractivity contribution in [1.82, 2.24) is 4.98 Å². The van der Waals surface area contributed by atoms with E-state index in [1.807, 2.05) is 0 Å². The fraction of sp³-hybridized carbons (Fsp3) is 0.438. The first-order valence-electron chi connectivity index (χ1n) is 7.08. The van der Waals surface area contributed by atoms with Crippen LogP contribution in [0.3, 0.4) is 0 Å². The van der Waals surface area contributed by atoms with Gasteiger partial charge in [-0.15, -0.1) is 0 Å². The number of aromatic nitrogens is 1. The molecule has 1 aromatic carbocycles. The zero-order chi connectivity index (χ0) is 14.7. The molecule has 0 amide bonds. The van der Waals surface area contributed by atoms with Crippen LogP contribution >= 0.6 is 23.2 Å². The van der Waals surface area contributed by atoms with Gasteiger partial charge in [0.1, 0.15) is 0 Å². The third-order valence-corrected chi connectivity index (χ3v) is 4.25. The second-order valence-electron chi connectivity index (χ2n) is 5.12. The number of hydrogen-bond acceptors (Lipinski definition) is 1. The average Bonchev–Trinajstić information content (AvgIpc) is 2.83. The highest BCUT2D eigenvalue weighted by Gasteiger charge is 2.22. The Balaban J connectivity index is 2.39. The summed E-state index contributed by atoms with van der Waals surface area (Å²) in [6.45, 7) is 4.20. The number of carbonyl (C=O) groups is 1.